The molecule has 34 valence electrons. The summed E-state index contributed by atoms with van der Waals surface area (Å²) in [4.78, 5) is 9.86. The van der Waals surface area contributed by atoms with E-state index in [1.54, 1.807) is 0 Å². The van der Waals surface area contributed by atoms with Crippen molar-refractivity contribution >= 4 is 13.3 Å². The standard InChI is InChI=1S/C3H6O2P/c1-3(4)6(2)5/h1-2H3/q+1. The van der Waals surface area contributed by atoms with Crippen LogP contribution in [0.3, 0.4) is 0 Å². The van der Waals surface area contributed by atoms with Crippen molar-refractivity contribution in [2.24, 2.45) is 0 Å². The molecule has 0 aliphatic carbocycles. The van der Waals surface area contributed by atoms with Crippen LogP contribution >= 0.6 is 7.80 Å². The van der Waals surface area contributed by atoms with Crippen LogP contribution in [-0.4, -0.2) is 12.2 Å². The average molecular weight is 105 g/mol. The molecule has 0 heterocycles. The highest BCUT2D eigenvalue weighted by Gasteiger charge is 2.11. The molecule has 0 aromatic heterocycles. The topological polar surface area (TPSA) is 34.1 Å². The van der Waals surface area contributed by atoms with Crippen molar-refractivity contribution in [1.29, 1.82) is 0 Å². The van der Waals surface area contributed by atoms with Gasteiger partial charge in [0.2, 0.25) is 0 Å². The van der Waals surface area contributed by atoms with Crippen LogP contribution in [0.5, 0.6) is 0 Å². The first-order chi connectivity index (χ1) is 2.64. The lowest BCUT2D eigenvalue weighted by atomic mass is 10.9. The Morgan fingerprint density at radius 1 is 1.67 bits per heavy atom. The van der Waals surface area contributed by atoms with E-state index in [2.05, 4.69) is 0 Å². The molecule has 0 saturated heterocycles. The van der Waals surface area contributed by atoms with E-state index >= 15 is 0 Å². The molecule has 0 spiro atoms. The van der Waals surface area contributed by atoms with Gasteiger partial charge in [-0.2, -0.15) is 0 Å². The Balaban J connectivity index is 3.57. The van der Waals surface area contributed by atoms with Gasteiger partial charge in [-0.3, -0.25) is 0 Å². The Morgan fingerprint density at radius 3 is 1.83 bits per heavy atom. The monoisotopic (exact) mass is 105 g/mol. The normalized spacial score (nSPS) is 10.7. The van der Waals surface area contributed by atoms with Crippen LogP contribution in [0, 0.1) is 0 Å². The minimum Gasteiger partial charge on any atom is -0.241 e. The maximum atomic E-state index is 9.94. The quantitative estimate of drug-likeness (QED) is 0.466. The van der Waals surface area contributed by atoms with Crippen molar-refractivity contribution in [3.63, 3.8) is 0 Å². The molecule has 1 unspecified atom stereocenters. The predicted octanol–water partition coefficient (Wildman–Crippen LogP) is 0.990. The van der Waals surface area contributed by atoms with Gasteiger partial charge >= 0.3 is 13.3 Å². The SMILES string of the molecule is CC(=O)[P+](C)=O. The van der Waals surface area contributed by atoms with E-state index in [0.717, 1.165) is 0 Å². The first-order valence-electron chi connectivity index (χ1n) is 1.56. The highest BCUT2D eigenvalue weighted by atomic mass is 31.1. The second-order valence-electron chi connectivity index (χ2n) is 1.02. The van der Waals surface area contributed by atoms with E-state index < -0.39 is 7.80 Å². The summed E-state index contributed by atoms with van der Waals surface area (Å²) in [5.74, 6) is 0. The molecule has 0 N–H and O–H groups in total. The number of carbonyl (C=O) groups excluding carboxylic acids is 1. The summed E-state index contributed by atoms with van der Waals surface area (Å²) in [5.41, 5.74) is -0.231. The first kappa shape index (κ1) is 5.77. The molecule has 6 heavy (non-hydrogen) atoms. The maximum absolute atomic E-state index is 9.94. The molecule has 3 heteroatoms. The Hall–Kier alpha value is -0.230. The molecular weight excluding hydrogens is 99.0 g/mol. The third-order valence-corrected chi connectivity index (χ3v) is 1.33. The molecule has 0 radical (unpaired) electrons. The van der Waals surface area contributed by atoms with Gasteiger partial charge in [-0.05, 0) is 0 Å². The summed E-state index contributed by atoms with van der Waals surface area (Å²) in [5, 5.41) is 0. The van der Waals surface area contributed by atoms with Crippen molar-refractivity contribution < 1.29 is 9.36 Å². The highest BCUT2D eigenvalue weighted by Crippen LogP contribution is 2.12. The molecule has 2 nitrogen and oxygen atoms in total. The molecule has 0 amide bonds. The highest BCUT2D eigenvalue weighted by molar-refractivity contribution is 7.62. The number of rotatable bonds is 1. The minimum absolute atomic E-state index is 0.231. The predicted molar refractivity (Wildman–Crippen MR) is 24.2 cm³/mol. The van der Waals surface area contributed by atoms with Gasteiger partial charge in [-0.1, -0.05) is 4.57 Å². The molecule has 0 rings (SSSR count). The first-order valence-corrected chi connectivity index (χ1v) is 3.26. The third-order valence-electron chi connectivity index (χ3n) is 0.443. The zero-order valence-electron chi connectivity index (χ0n) is 3.76. The summed E-state index contributed by atoms with van der Waals surface area (Å²) in [6, 6.07) is 0. The third kappa shape index (κ3) is 2.04. The Bertz CT molecular complexity index is 74.8. The van der Waals surface area contributed by atoms with Gasteiger partial charge in [0.25, 0.3) is 0 Å². The molecular formula is C3H6O2P+. The second kappa shape index (κ2) is 2.04. The largest absolute Gasteiger partial charge is 0.411 e. The molecule has 0 bridgehead atoms. The smallest absolute Gasteiger partial charge is 0.241 e. The Kier molecular flexibility index (Phi) is 1.96. The summed E-state index contributed by atoms with van der Waals surface area (Å²) in [7, 11) is -1.55. The van der Waals surface area contributed by atoms with Crippen LogP contribution in [0.4, 0.5) is 0 Å². The number of hydrogen-bond donors (Lipinski definition) is 0. The van der Waals surface area contributed by atoms with Crippen molar-refractivity contribution in [2.75, 3.05) is 6.66 Å². The Labute approximate surface area is 37.3 Å². The van der Waals surface area contributed by atoms with Crippen molar-refractivity contribution in [3.8, 4) is 0 Å². The molecule has 0 fully saturated rings. The van der Waals surface area contributed by atoms with Crippen LogP contribution in [0.25, 0.3) is 0 Å². The van der Waals surface area contributed by atoms with Gasteiger partial charge in [-0.15, -0.1) is 0 Å². The van der Waals surface area contributed by atoms with Gasteiger partial charge in [0.05, 0.1) is 0 Å². The van der Waals surface area contributed by atoms with Crippen LogP contribution in [-0.2, 0) is 9.36 Å². The molecule has 0 aromatic carbocycles. The van der Waals surface area contributed by atoms with Crippen LogP contribution in [0.2, 0.25) is 0 Å². The van der Waals surface area contributed by atoms with Crippen molar-refractivity contribution in [2.45, 2.75) is 6.92 Å². The summed E-state index contributed by atoms with van der Waals surface area (Å²) >= 11 is 0. The van der Waals surface area contributed by atoms with E-state index in [1.165, 1.54) is 13.6 Å². The van der Waals surface area contributed by atoms with Gasteiger partial charge in [0.1, 0.15) is 6.66 Å². The average Bonchev–Trinajstić information content (AvgIpc) is 1.36. The van der Waals surface area contributed by atoms with Crippen LogP contribution < -0.4 is 0 Å². The van der Waals surface area contributed by atoms with E-state index in [9.17, 15) is 9.36 Å². The number of hydrogen-bond acceptors (Lipinski definition) is 2. The summed E-state index contributed by atoms with van der Waals surface area (Å²) < 4.78 is 9.94. The van der Waals surface area contributed by atoms with E-state index in [1.807, 2.05) is 0 Å². The Morgan fingerprint density at radius 2 is 1.83 bits per heavy atom. The van der Waals surface area contributed by atoms with Crippen LogP contribution in [0.1, 0.15) is 6.92 Å². The van der Waals surface area contributed by atoms with E-state index in [0.29, 0.717) is 0 Å². The zero-order valence-corrected chi connectivity index (χ0v) is 4.66. The van der Waals surface area contributed by atoms with Gasteiger partial charge < -0.3 is 0 Å². The zero-order chi connectivity index (χ0) is 5.15. The lowest BCUT2D eigenvalue weighted by molar-refractivity contribution is -0.109. The maximum Gasteiger partial charge on any atom is 0.411 e. The van der Waals surface area contributed by atoms with Gasteiger partial charge in [0, 0.05) is 6.92 Å². The molecule has 0 aliphatic rings. The number of carbonyl (C=O) groups is 1. The second-order valence-corrected chi connectivity index (χ2v) is 2.64. The van der Waals surface area contributed by atoms with E-state index in [-0.39, 0.29) is 5.52 Å². The fourth-order valence-electron chi connectivity index (χ4n) is 0. The van der Waals surface area contributed by atoms with E-state index in [4.69, 9.17) is 0 Å². The van der Waals surface area contributed by atoms with Crippen molar-refractivity contribution in [1.82, 2.24) is 0 Å². The molecule has 0 aliphatic heterocycles. The molecule has 1 atom stereocenters. The van der Waals surface area contributed by atoms with Crippen molar-refractivity contribution in [3.05, 3.63) is 0 Å². The fraction of sp³-hybridized carbons (Fsp3) is 0.667. The van der Waals surface area contributed by atoms with Gasteiger partial charge in [-0.25, -0.2) is 4.79 Å². The molecule has 0 saturated carbocycles. The van der Waals surface area contributed by atoms with Gasteiger partial charge in [0.15, 0.2) is 0 Å². The summed E-state index contributed by atoms with van der Waals surface area (Å²) in [6.45, 7) is 2.72. The van der Waals surface area contributed by atoms with Crippen LogP contribution in [0.15, 0.2) is 0 Å². The summed E-state index contributed by atoms with van der Waals surface area (Å²) in [6.07, 6.45) is 0. The molecule has 0 aromatic rings. The fourth-order valence-corrected chi connectivity index (χ4v) is 0. The minimum atomic E-state index is -1.55. The lowest BCUT2D eigenvalue weighted by Gasteiger charge is -1.57. The lowest BCUT2D eigenvalue weighted by Crippen LogP contribution is -1.74.